The second kappa shape index (κ2) is 7.78. The lowest BCUT2D eigenvalue weighted by Crippen LogP contribution is -2.37. The first-order valence-corrected chi connectivity index (χ1v) is 8.46. The summed E-state index contributed by atoms with van der Waals surface area (Å²) in [7, 11) is 1.74. The molecule has 0 saturated heterocycles. The Morgan fingerprint density at radius 3 is 2.76 bits per heavy atom. The van der Waals surface area contributed by atoms with E-state index in [0.29, 0.717) is 19.0 Å². The summed E-state index contributed by atoms with van der Waals surface area (Å²) in [5, 5.41) is 19.1. The van der Waals surface area contributed by atoms with Crippen LogP contribution in [0.4, 0.5) is 0 Å². The Morgan fingerprint density at radius 1 is 1.16 bits per heavy atom. The Kier molecular flexibility index (Phi) is 5.27. The molecule has 132 valence electrons. The number of aryl methyl sites for hydroxylation is 2. The van der Waals surface area contributed by atoms with Gasteiger partial charge in [-0.2, -0.15) is 0 Å². The van der Waals surface area contributed by atoms with Crippen molar-refractivity contribution in [2.75, 3.05) is 7.05 Å². The zero-order chi connectivity index (χ0) is 17.6. The Labute approximate surface area is 146 Å². The summed E-state index contributed by atoms with van der Waals surface area (Å²) in [6, 6.07) is 5.82. The van der Waals surface area contributed by atoms with Crippen molar-refractivity contribution in [3.05, 3.63) is 47.2 Å². The van der Waals surface area contributed by atoms with E-state index in [0.717, 1.165) is 41.3 Å². The number of fused-ring (bicyclic) bond motifs is 1. The molecule has 0 spiro atoms. The summed E-state index contributed by atoms with van der Waals surface area (Å²) < 4.78 is 7.35. The van der Waals surface area contributed by atoms with Crippen LogP contribution in [0.25, 0.3) is 5.65 Å². The van der Waals surface area contributed by atoms with Gasteiger partial charge < -0.3 is 15.2 Å². The Hall–Kier alpha value is -2.90. The molecule has 0 unspecified atom stereocenters. The highest BCUT2D eigenvalue weighted by Gasteiger charge is 2.14. The van der Waals surface area contributed by atoms with Crippen LogP contribution >= 0.6 is 0 Å². The number of nitrogens with zero attached hydrogens (tertiary/aromatic N) is 5. The SMILES string of the molecule is CCc1noc(CC)c1CNC(=NC)NCc1nnc2ccccn12. The molecule has 3 aromatic rings. The molecule has 0 atom stereocenters. The number of rotatable bonds is 6. The van der Waals surface area contributed by atoms with Crippen molar-refractivity contribution in [2.45, 2.75) is 39.8 Å². The maximum atomic E-state index is 5.40. The van der Waals surface area contributed by atoms with Gasteiger partial charge in [-0.05, 0) is 18.6 Å². The normalized spacial score (nSPS) is 11.9. The van der Waals surface area contributed by atoms with E-state index in [9.17, 15) is 0 Å². The fourth-order valence-electron chi connectivity index (χ4n) is 2.70. The summed E-state index contributed by atoms with van der Waals surface area (Å²) in [6.07, 6.45) is 3.61. The molecule has 0 saturated carbocycles. The molecule has 0 aliphatic carbocycles. The standard InChI is InChI=1S/C17H23N7O/c1-4-13-12(14(5-2)25-23-13)10-19-17(18-3)20-11-16-22-21-15-8-6-7-9-24(15)16/h6-9H,4-5,10-11H2,1-3H3,(H2,18,19,20). The predicted octanol–water partition coefficient (Wildman–Crippen LogP) is 1.71. The minimum atomic E-state index is 0.524. The Balaban J connectivity index is 1.63. The van der Waals surface area contributed by atoms with E-state index < -0.39 is 0 Å². The zero-order valence-electron chi connectivity index (χ0n) is 14.8. The molecule has 3 aromatic heterocycles. The molecule has 3 heterocycles. The van der Waals surface area contributed by atoms with Crippen molar-refractivity contribution in [1.82, 2.24) is 30.4 Å². The molecular formula is C17H23N7O. The molecule has 2 N–H and O–H groups in total. The van der Waals surface area contributed by atoms with Crippen LogP contribution in [-0.2, 0) is 25.9 Å². The average Bonchev–Trinajstić information content (AvgIpc) is 3.25. The summed E-state index contributed by atoms with van der Waals surface area (Å²) >= 11 is 0. The van der Waals surface area contributed by atoms with Crippen LogP contribution in [0.3, 0.4) is 0 Å². The Morgan fingerprint density at radius 2 is 2.00 bits per heavy atom. The lowest BCUT2D eigenvalue weighted by molar-refractivity contribution is 0.380. The van der Waals surface area contributed by atoms with Gasteiger partial charge in [0.2, 0.25) is 0 Å². The van der Waals surface area contributed by atoms with Crippen molar-refractivity contribution < 1.29 is 4.52 Å². The molecule has 8 heteroatoms. The van der Waals surface area contributed by atoms with Crippen LogP contribution in [0.5, 0.6) is 0 Å². The van der Waals surface area contributed by atoms with E-state index in [1.807, 2.05) is 28.8 Å². The quantitative estimate of drug-likeness (QED) is 0.524. The van der Waals surface area contributed by atoms with Crippen LogP contribution in [-0.4, -0.2) is 32.8 Å². The van der Waals surface area contributed by atoms with Crippen molar-refractivity contribution in [2.24, 2.45) is 4.99 Å². The molecule has 0 amide bonds. The first-order chi connectivity index (χ1) is 12.3. The average molecular weight is 341 g/mol. The first-order valence-electron chi connectivity index (χ1n) is 8.46. The van der Waals surface area contributed by atoms with Gasteiger partial charge in [0.15, 0.2) is 17.4 Å². The van der Waals surface area contributed by atoms with E-state index in [4.69, 9.17) is 4.52 Å². The maximum Gasteiger partial charge on any atom is 0.191 e. The summed E-state index contributed by atoms with van der Waals surface area (Å²) in [4.78, 5) is 4.26. The van der Waals surface area contributed by atoms with Crippen molar-refractivity contribution in [1.29, 1.82) is 0 Å². The number of pyridine rings is 1. The van der Waals surface area contributed by atoms with Crippen LogP contribution in [0.2, 0.25) is 0 Å². The third-order valence-corrected chi connectivity index (χ3v) is 4.06. The number of nitrogens with one attached hydrogen (secondary N) is 2. The van der Waals surface area contributed by atoms with E-state index in [-0.39, 0.29) is 0 Å². The van der Waals surface area contributed by atoms with Gasteiger partial charge in [0.1, 0.15) is 5.76 Å². The van der Waals surface area contributed by atoms with E-state index >= 15 is 0 Å². The molecule has 0 bridgehead atoms. The van der Waals surface area contributed by atoms with Crippen molar-refractivity contribution in [3.63, 3.8) is 0 Å². The predicted molar refractivity (Wildman–Crippen MR) is 95.3 cm³/mol. The molecular weight excluding hydrogens is 318 g/mol. The highest BCUT2D eigenvalue weighted by molar-refractivity contribution is 5.79. The fraction of sp³-hybridized carbons (Fsp3) is 0.412. The van der Waals surface area contributed by atoms with E-state index in [1.165, 1.54) is 0 Å². The van der Waals surface area contributed by atoms with Gasteiger partial charge in [0.05, 0.1) is 12.2 Å². The molecule has 3 rings (SSSR count). The smallest absolute Gasteiger partial charge is 0.191 e. The second-order valence-electron chi connectivity index (χ2n) is 5.56. The van der Waals surface area contributed by atoms with Crippen LogP contribution in [0.15, 0.2) is 33.9 Å². The number of aliphatic imine (C=N–C) groups is 1. The third kappa shape index (κ3) is 3.62. The largest absolute Gasteiger partial charge is 0.361 e. The Bertz CT molecular complexity index is 843. The fourth-order valence-corrected chi connectivity index (χ4v) is 2.70. The lowest BCUT2D eigenvalue weighted by atomic mass is 10.1. The van der Waals surface area contributed by atoms with Gasteiger partial charge in [0, 0.05) is 31.8 Å². The molecule has 25 heavy (non-hydrogen) atoms. The van der Waals surface area contributed by atoms with E-state index in [1.54, 1.807) is 7.05 Å². The molecule has 0 radical (unpaired) electrons. The van der Waals surface area contributed by atoms with E-state index in [2.05, 4.69) is 44.8 Å². The molecule has 0 fully saturated rings. The number of hydrogen-bond donors (Lipinski definition) is 2. The summed E-state index contributed by atoms with van der Waals surface area (Å²) in [5.74, 6) is 2.44. The van der Waals surface area contributed by atoms with Gasteiger partial charge >= 0.3 is 0 Å². The van der Waals surface area contributed by atoms with Gasteiger partial charge in [-0.3, -0.25) is 9.39 Å². The van der Waals surface area contributed by atoms with Crippen molar-refractivity contribution in [3.8, 4) is 0 Å². The van der Waals surface area contributed by atoms with Crippen LogP contribution in [0, 0.1) is 0 Å². The number of hydrogen-bond acceptors (Lipinski definition) is 5. The maximum absolute atomic E-state index is 5.40. The highest BCUT2D eigenvalue weighted by atomic mass is 16.5. The summed E-state index contributed by atoms with van der Waals surface area (Å²) in [6.45, 7) is 5.28. The van der Waals surface area contributed by atoms with Gasteiger partial charge in [-0.1, -0.05) is 25.1 Å². The number of aromatic nitrogens is 4. The van der Waals surface area contributed by atoms with Crippen molar-refractivity contribution >= 4 is 11.6 Å². The molecule has 0 aromatic carbocycles. The zero-order valence-corrected chi connectivity index (χ0v) is 14.8. The summed E-state index contributed by atoms with van der Waals surface area (Å²) in [5.41, 5.74) is 2.93. The topological polar surface area (TPSA) is 92.6 Å². The minimum Gasteiger partial charge on any atom is -0.361 e. The molecule has 8 nitrogen and oxygen atoms in total. The monoisotopic (exact) mass is 341 g/mol. The van der Waals surface area contributed by atoms with Gasteiger partial charge in [-0.15, -0.1) is 10.2 Å². The molecule has 0 aliphatic rings. The highest BCUT2D eigenvalue weighted by Crippen LogP contribution is 2.15. The second-order valence-corrected chi connectivity index (χ2v) is 5.56. The lowest BCUT2D eigenvalue weighted by Gasteiger charge is -2.11. The van der Waals surface area contributed by atoms with Gasteiger partial charge in [0.25, 0.3) is 0 Å². The van der Waals surface area contributed by atoms with Crippen LogP contribution < -0.4 is 10.6 Å². The van der Waals surface area contributed by atoms with Crippen LogP contribution in [0.1, 0.15) is 36.7 Å². The first kappa shape index (κ1) is 16.9. The minimum absolute atomic E-state index is 0.524. The molecule has 0 aliphatic heterocycles. The number of guanidine groups is 1. The van der Waals surface area contributed by atoms with Gasteiger partial charge in [-0.25, -0.2) is 0 Å². The third-order valence-electron chi connectivity index (χ3n) is 4.06.